The van der Waals surface area contributed by atoms with Crippen molar-refractivity contribution in [1.82, 2.24) is 15.1 Å². The highest BCUT2D eigenvalue weighted by Crippen LogP contribution is 2.29. The number of carboxylic acids is 1. The van der Waals surface area contributed by atoms with Gasteiger partial charge < -0.3 is 20.2 Å². The molecule has 2 amide bonds. The van der Waals surface area contributed by atoms with Crippen LogP contribution in [-0.2, 0) is 4.79 Å². The quantitative estimate of drug-likeness (QED) is 0.744. The van der Waals surface area contributed by atoms with E-state index < -0.39 is 5.97 Å². The van der Waals surface area contributed by atoms with E-state index in [0.29, 0.717) is 12.5 Å². The molecule has 0 atom stereocenters. The Morgan fingerprint density at radius 1 is 1.24 bits per heavy atom. The molecule has 1 aliphatic carbocycles. The number of carbonyl (C=O) groups is 2. The number of nitrogens with zero attached hydrogens (tertiary/aromatic N) is 2. The minimum Gasteiger partial charge on any atom is -0.480 e. The Kier molecular flexibility index (Phi) is 5.85. The van der Waals surface area contributed by atoms with Gasteiger partial charge in [-0.05, 0) is 44.6 Å². The predicted molar refractivity (Wildman–Crippen MR) is 80.2 cm³/mol. The van der Waals surface area contributed by atoms with Gasteiger partial charge in [-0.25, -0.2) is 4.79 Å². The number of rotatable bonds is 7. The highest BCUT2D eigenvalue weighted by Gasteiger charge is 2.29. The summed E-state index contributed by atoms with van der Waals surface area (Å²) in [4.78, 5) is 27.0. The summed E-state index contributed by atoms with van der Waals surface area (Å²) in [5, 5.41) is 12.0. The molecule has 120 valence electrons. The van der Waals surface area contributed by atoms with Crippen molar-refractivity contribution in [3.05, 3.63) is 0 Å². The van der Waals surface area contributed by atoms with E-state index in [1.165, 1.54) is 4.90 Å². The van der Waals surface area contributed by atoms with E-state index >= 15 is 0 Å². The number of carboxylic acid groups (broad SMARTS) is 1. The van der Waals surface area contributed by atoms with E-state index in [0.717, 1.165) is 51.7 Å². The number of carbonyl (C=O) groups excluding carboxylic acids is 1. The SMILES string of the molecule is CCCN1CCC(NC(=O)N(CC(=O)O)CC2CC2)CC1. The Balaban J connectivity index is 1.77. The van der Waals surface area contributed by atoms with Gasteiger partial charge in [-0.1, -0.05) is 6.92 Å². The van der Waals surface area contributed by atoms with E-state index in [9.17, 15) is 9.59 Å². The lowest BCUT2D eigenvalue weighted by Crippen LogP contribution is -2.50. The molecule has 2 rings (SSSR count). The van der Waals surface area contributed by atoms with Crippen LogP contribution in [0.25, 0.3) is 0 Å². The molecule has 0 spiro atoms. The van der Waals surface area contributed by atoms with Gasteiger partial charge in [-0.15, -0.1) is 0 Å². The van der Waals surface area contributed by atoms with E-state index in [1.807, 2.05) is 0 Å². The van der Waals surface area contributed by atoms with Gasteiger partial charge in [0.1, 0.15) is 6.54 Å². The fourth-order valence-corrected chi connectivity index (χ4v) is 2.88. The van der Waals surface area contributed by atoms with Gasteiger partial charge in [0.05, 0.1) is 0 Å². The van der Waals surface area contributed by atoms with Gasteiger partial charge in [0.15, 0.2) is 0 Å². The second-order valence-corrected chi connectivity index (χ2v) is 6.28. The molecule has 0 radical (unpaired) electrons. The molecule has 0 unspecified atom stereocenters. The summed E-state index contributed by atoms with van der Waals surface area (Å²) in [6.45, 7) is 5.70. The monoisotopic (exact) mass is 297 g/mol. The second kappa shape index (κ2) is 7.64. The van der Waals surface area contributed by atoms with Crippen molar-refractivity contribution in [1.29, 1.82) is 0 Å². The van der Waals surface area contributed by atoms with Gasteiger partial charge in [0.2, 0.25) is 0 Å². The summed E-state index contributed by atoms with van der Waals surface area (Å²) in [5.41, 5.74) is 0. The first-order chi connectivity index (χ1) is 10.1. The van der Waals surface area contributed by atoms with Crippen molar-refractivity contribution >= 4 is 12.0 Å². The first-order valence-corrected chi connectivity index (χ1v) is 8.08. The maximum absolute atomic E-state index is 12.3. The summed E-state index contributed by atoms with van der Waals surface area (Å²) < 4.78 is 0. The molecule has 21 heavy (non-hydrogen) atoms. The van der Waals surface area contributed by atoms with Crippen molar-refractivity contribution in [2.45, 2.75) is 45.1 Å². The normalized spacial score (nSPS) is 20.2. The summed E-state index contributed by atoms with van der Waals surface area (Å²) in [6.07, 6.45) is 5.29. The lowest BCUT2D eigenvalue weighted by Gasteiger charge is -2.33. The molecule has 2 N–H and O–H groups in total. The zero-order valence-electron chi connectivity index (χ0n) is 12.9. The molecule has 1 saturated carbocycles. The average Bonchev–Trinajstić information content (AvgIpc) is 3.24. The lowest BCUT2D eigenvalue weighted by molar-refractivity contribution is -0.137. The third-order valence-corrected chi connectivity index (χ3v) is 4.24. The molecule has 0 aromatic carbocycles. The maximum Gasteiger partial charge on any atom is 0.323 e. The Hall–Kier alpha value is -1.30. The van der Waals surface area contributed by atoms with Crippen LogP contribution in [0.1, 0.15) is 39.0 Å². The standard InChI is InChI=1S/C15H27N3O3/c1-2-7-17-8-5-13(6-9-17)16-15(21)18(11-14(19)20)10-12-3-4-12/h12-13H,2-11H2,1H3,(H,16,21)(H,19,20). The molecule has 6 nitrogen and oxygen atoms in total. The predicted octanol–water partition coefficient (Wildman–Crippen LogP) is 1.37. The second-order valence-electron chi connectivity index (χ2n) is 6.28. The molecule has 2 aliphatic rings. The summed E-state index contributed by atoms with van der Waals surface area (Å²) in [6, 6.07) is -0.0284. The summed E-state index contributed by atoms with van der Waals surface area (Å²) in [7, 11) is 0. The zero-order chi connectivity index (χ0) is 15.2. The number of nitrogens with one attached hydrogen (secondary N) is 1. The summed E-state index contributed by atoms with van der Waals surface area (Å²) in [5.74, 6) is -0.440. The molecule has 0 aromatic heterocycles. The van der Waals surface area contributed by atoms with Crippen LogP contribution >= 0.6 is 0 Å². The van der Waals surface area contributed by atoms with Crippen LogP contribution in [0.2, 0.25) is 0 Å². The molecule has 0 bridgehead atoms. The molecule has 6 heteroatoms. The van der Waals surface area contributed by atoms with E-state index in [4.69, 9.17) is 5.11 Å². The van der Waals surface area contributed by atoms with Crippen LogP contribution in [0.15, 0.2) is 0 Å². The number of urea groups is 1. The number of likely N-dealkylation sites (tertiary alicyclic amines) is 1. The van der Waals surface area contributed by atoms with Crippen molar-refractivity contribution in [3.8, 4) is 0 Å². The number of aliphatic carboxylic acids is 1. The number of amides is 2. The van der Waals surface area contributed by atoms with Gasteiger partial charge >= 0.3 is 12.0 Å². The van der Waals surface area contributed by atoms with Crippen LogP contribution in [0.5, 0.6) is 0 Å². The van der Waals surface area contributed by atoms with Crippen LogP contribution < -0.4 is 5.32 Å². The fourth-order valence-electron chi connectivity index (χ4n) is 2.88. The topological polar surface area (TPSA) is 72.9 Å². The van der Waals surface area contributed by atoms with Crippen LogP contribution in [0.4, 0.5) is 4.79 Å². The minimum atomic E-state index is -0.941. The lowest BCUT2D eigenvalue weighted by atomic mass is 10.1. The number of hydrogen-bond donors (Lipinski definition) is 2. The third-order valence-electron chi connectivity index (χ3n) is 4.24. The van der Waals surface area contributed by atoms with Gasteiger partial charge in [-0.3, -0.25) is 4.79 Å². The van der Waals surface area contributed by atoms with Crippen LogP contribution in [0.3, 0.4) is 0 Å². The van der Waals surface area contributed by atoms with E-state index in [1.54, 1.807) is 0 Å². The average molecular weight is 297 g/mol. The minimum absolute atomic E-state index is 0.182. The molecule has 2 fully saturated rings. The van der Waals surface area contributed by atoms with Crippen molar-refractivity contribution in [2.24, 2.45) is 5.92 Å². The Morgan fingerprint density at radius 3 is 2.43 bits per heavy atom. The van der Waals surface area contributed by atoms with Crippen LogP contribution in [0, 0.1) is 5.92 Å². The van der Waals surface area contributed by atoms with E-state index in [-0.39, 0.29) is 18.6 Å². The highest BCUT2D eigenvalue weighted by atomic mass is 16.4. The summed E-state index contributed by atoms with van der Waals surface area (Å²) >= 11 is 0. The van der Waals surface area contributed by atoms with Crippen molar-refractivity contribution in [3.63, 3.8) is 0 Å². The Morgan fingerprint density at radius 2 is 1.90 bits per heavy atom. The first kappa shape index (κ1) is 16.1. The van der Waals surface area contributed by atoms with Crippen LogP contribution in [-0.4, -0.2) is 65.7 Å². The molecule has 1 heterocycles. The smallest absolute Gasteiger partial charge is 0.323 e. The van der Waals surface area contributed by atoms with E-state index in [2.05, 4.69) is 17.1 Å². The number of hydrogen-bond acceptors (Lipinski definition) is 3. The maximum atomic E-state index is 12.3. The van der Waals surface area contributed by atoms with Gasteiger partial charge in [0, 0.05) is 25.7 Å². The molecular weight excluding hydrogens is 270 g/mol. The molecule has 1 aliphatic heterocycles. The third kappa shape index (κ3) is 5.53. The first-order valence-electron chi connectivity index (χ1n) is 8.08. The van der Waals surface area contributed by atoms with Crippen molar-refractivity contribution < 1.29 is 14.7 Å². The van der Waals surface area contributed by atoms with Gasteiger partial charge in [-0.2, -0.15) is 0 Å². The van der Waals surface area contributed by atoms with Crippen molar-refractivity contribution in [2.75, 3.05) is 32.7 Å². The van der Waals surface area contributed by atoms with Gasteiger partial charge in [0.25, 0.3) is 0 Å². The fraction of sp³-hybridized carbons (Fsp3) is 0.867. The number of piperidine rings is 1. The molecule has 0 aromatic rings. The molecule has 1 saturated heterocycles. The molecular formula is C15H27N3O3. The zero-order valence-corrected chi connectivity index (χ0v) is 12.9. The largest absolute Gasteiger partial charge is 0.480 e. The highest BCUT2D eigenvalue weighted by molar-refractivity contribution is 5.80. The Labute approximate surface area is 126 Å². The Bertz CT molecular complexity index is 363.